The van der Waals surface area contributed by atoms with Gasteiger partial charge in [0.05, 0.1) is 11.3 Å². The van der Waals surface area contributed by atoms with E-state index in [9.17, 15) is 9.59 Å². The highest BCUT2D eigenvalue weighted by Gasteiger charge is 2.29. The molecule has 0 saturated carbocycles. The number of likely N-dealkylation sites (N-methyl/N-ethyl adjacent to an activating group) is 2. The molecule has 8 heteroatoms. The smallest absolute Gasteiger partial charge is 0.376 e. The van der Waals surface area contributed by atoms with Crippen LogP contribution < -0.4 is 5.43 Å². The highest BCUT2D eigenvalue weighted by atomic mass is 35.5. The summed E-state index contributed by atoms with van der Waals surface area (Å²) in [5.41, 5.74) is 3.56. The van der Waals surface area contributed by atoms with Gasteiger partial charge in [0.2, 0.25) is 5.84 Å². The Kier molecular flexibility index (Phi) is 6.16. The van der Waals surface area contributed by atoms with Crippen molar-refractivity contribution in [3.63, 3.8) is 0 Å². The molecule has 2 rings (SSSR count). The molecule has 0 atom stereocenters. The van der Waals surface area contributed by atoms with Gasteiger partial charge in [-0.3, -0.25) is 15.1 Å². The van der Waals surface area contributed by atoms with E-state index in [1.807, 2.05) is 13.8 Å². The largest absolute Gasteiger partial charge is 0.458 e. The molecule has 1 aliphatic heterocycles. The summed E-state index contributed by atoms with van der Waals surface area (Å²) in [6.07, 6.45) is 0. The molecule has 0 aromatic heterocycles. The van der Waals surface area contributed by atoms with Crippen molar-refractivity contribution in [3.05, 3.63) is 28.8 Å². The van der Waals surface area contributed by atoms with Crippen molar-refractivity contribution in [2.45, 2.75) is 13.8 Å². The Morgan fingerprint density at radius 1 is 1.38 bits per heavy atom. The van der Waals surface area contributed by atoms with E-state index in [-0.39, 0.29) is 18.3 Å². The minimum atomic E-state index is -0.649. The molecule has 130 valence electrons. The third-order valence-electron chi connectivity index (χ3n) is 3.83. The number of carbonyl (C=O) groups is 2. The summed E-state index contributed by atoms with van der Waals surface area (Å²) >= 11 is 5.94. The molecule has 1 aromatic carbocycles. The van der Waals surface area contributed by atoms with Crippen LogP contribution in [0.15, 0.2) is 23.3 Å². The number of halogens is 1. The zero-order valence-corrected chi connectivity index (χ0v) is 14.8. The number of hydrogen-bond acceptors (Lipinski definition) is 6. The van der Waals surface area contributed by atoms with Gasteiger partial charge in [-0.15, -0.1) is 5.10 Å². The van der Waals surface area contributed by atoms with Crippen molar-refractivity contribution in [1.82, 2.24) is 9.80 Å². The number of fused-ring (bicyclic) bond motifs is 1. The molecule has 7 nitrogen and oxygen atoms in total. The Morgan fingerprint density at radius 3 is 2.75 bits per heavy atom. The monoisotopic (exact) mass is 352 g/mol. The van der Waals surface area contributed by atoms with E-state index in [0.29, 0.717) is 22.8 Å². The van der Waals surface area contributed by atoms with Crippen LogP contribution in [-0.4, -0.2) is 60.8 Å². The van der Waals surface area contributed by atoms with Gasteiger partial charge < -0.3 is 9.64 Å². The number of rotatable bonds is 6. The second kappa shape index (κ2) is 8.12. The lowest BCUT2D eigenvalue weighted by Gasteiger charge is -2.19. The highest BCUT2D eigenvalue weighted by molar-refractivity contribution is 6.39. The standard InChI is InChI=1S/C16H21ClN4O3/c1-4-21(5-2)8-9-24-16(23)14-19-18-13-7-6-11(17)10-12(13)15(22)20(14)3/h6-7,10,18H,4-5,8-9H2,1-3H3. The van der Waals surface area contributed by atoms with Crippen LogP contribution in [0, 0.1) is 0 Å². The fourth-order valence-corrected chi connectivity index (χ4v) is 2.48. The molecule has 1 aliphatic rings. The van der Waals surface area contributed by atoms with E-state index in [1.54, 1.807) is 12.1 Å². The van der Waals surface area contributed by atoms with Gasteiger partial charge in [0.25, 0.3) is 5.91 Å². The first-order valence-electron chi connectivity index (χ1n) is 7.78. The molecule has 0 radical (unpaired) electrons. The summed E-state index contributed by atoms with van der Waals surface area (Å²) < 4.78 is 5.24. The number of carbonyl (C=O) groups excluding carboxylic acids is 2. The molecule has 0 fully saturated rings. The SMILES string of the molecule is CCN(CC)CCOC(=O)C1=NNc2ccc(Cl)cc2C(=O)N1C. The summed E-state index contributed by atoms with van der Waals surface area (Å²) in [7, 11) is 1.48. The van der Waals surface area contributed by atoms with Crippen LogP contribution in [0.5, 0.6) is 0 Å². The van der Waals surface area contributed by atoms with Crippen LogP contribution in [0.3, 0.4) is 0 Å². The molecule has 1 amide bonds. The van der Waals surface area contributed by atoms with Crippen LogP contribution in [0.4, 0.5) is 5.69 Å². The number of benzene rings is 1. The first kappa shape index (κ1) is 18.2. The van der Waals surface area contributed by atoms with Crippen LogP contribution in [0.2, 0.25) is 5.02 Å². The summed E-state index contributed by atoms with van der Waals surface area (Å²) in [5, 5.41) is 4.44. The number of anilines is 1. The zero-order chi connectivity index (χ0) is 17.7. The van der Waals surface area contributed by atoms with Gasteiger partial charge in [0.1, 0.15) is 6.61 Å². The number of nitrogens with one attached hydrogen (secondary N) is 1. The topological polar surface area (TPSA) is 74.2 Å². The molecule has 0 spiro atoms. The second-order valence-electron chi connectivity index (χ2n) is 5.26. The van der Waals surface area contributed by atoms with Crippen molar-refractivity contribution >= 4 is 35.0 Å². The van der Waals surface area contributed by atoms with E-state index >= 15 is 0 Å². The fraction of sp³-hybridized carbons (Fsp3) is 0.438. The van der Waals surface area contributed by atoms with Crippen molar-refractivity contribution in [1.29, 1.82) is 0 Å². The van der Waals surface area contributed by atoms with E-state index in [2.05, 4.69) is 15.4 Å². The van der Waals surface area contributed by atoms with Crippen molar-refractivity contribution in [2.75, 3.05) is 38.7 Å². The average Bonchev–Trinajstić information content (AvgIpc) is 2.70. The molecular weight excluding hydrogens is 332 g/mol. The van der Waals surface area contributed by atoms with Crippen molar-refractivity contribution < 1.29 is 14.3 Å². The summed E-state index contributed by atoms with van der Waals surface area (Å²) in [4.78, 5) is 28.1. The van der Waals surface area contributed by atoms with Crippen LogP contribution in [-0.2, 0) is 9.53 Å². The number of nitrogens with zero attached hydrogens (tertiary/aromatic N) is 3. The molecule has 0 unspecified atom stereocenters. The zero-order valence-electron chi connectivity index (χ0n) is 14.0. The van der Waals surface area contributed by atoms with Crippen LogP contribution >= 0.6 is 11.6 Å². The Morgan fingerprint density at radius 2 is 2.08 bits per heavy atom. The van der Waals surface area contributed by atoms with Gasteiger partial charge in [-0.2, -0.15) is 0 Å². The van der Waals surface area contributed by atoms with E-state index in [4.69, 9.17) is 16.3 Å². The minimum absolute atomic E-state index is 0.0909. The molecular formula is C16H21ClN4O3. The van der Waals surface area contributed by atoms with E-state index in [1.165, 1.54) is 13.1 Å². The summed E-state index contributed by atoms with van der Waals surface area (Å²) in [6, 6.07) is 4.82. The molecule has 1 heterocycles. The van der Waals surface area contributed by atoms with E-state index < -0.39 is 5.97 Å². The second-order valence-corrected chi connectivity index (χ2v) is 5.70. The molecule has 0 saturated heterocycles. The molecule has 1 N–H and O–H groups in total. The fourth-order valence-electron chi connectivity index (χ4n) is 2.31. The Balaban J connectivity index is 2.07. The maximum Gasteiger partial charge on any atom is 0.376 e. The van der Waals surface area contributed by atoms with Crippen LogP contribution in [0.1, 0.15) is 24.2 Å². The lowest BCUT2D eigenvalue weighted by Crippen LogP contribution is -2.39. The molecule has 24 heavy (non-hydrogen) atoms. The van der Waals surface area contributed by atoms with Crippen molar-refractivity contribution in [3.8, 4) is 0 Å². The Bertz CT molecular complexity index is 659. The van der Waals surface area contributed by atoms with Gasteiger partial charge in [0.15, 0.2) is 0 Å². The van der Waals surface area contributed by atoms with E-state index in [0.717, 1.165) is 18.0 Å². The average molecular weight is 353 g/mol. The quantitative estimate of drug-likeness (QED) is 0.793. The number of ether oxygens (including phenoxy) is 1. The lowest BCUT2D eigenvalue weighted by molar-refractivity contribution is -0.136. The van der Waals surface area contributed by atoms with Gasteiger partial charge in [-0.05, 0) is 31.3 Å². The Hall–Kier alpha value is -2.12. The lowest BCUT2D eigenvalue weighted by atomic mass is 10.1. The number of amides is 1. The molecule has 1 aromatic rings. The first-order chi connectivity index (χ1) is 11.5. The Labute approximate surface area is 146 Å². The van der Waals surface area contributed by atoms with Gasteiger partial charge >= 0.3 is 5.97 Å². The third-order valence-corrected chi connectivity index (χ3v) is 4.07. The van der Waals surface area contributed by atoms with Gasteiger partial charge in [0, 0.05) is 18.6 Å². The van der Waals surface area contributed by atoms with Crippen molar-refractivity contribution in [2.24, 2.45) is 5.10 Å². The maximum atomic E-state index is 12.5. The normalized spacial score (nSPS) is 14.0. The highest BCUT2D eigenvalue weighted by Crippen LogP contribution is 2.24. The third kappa shape index (κ3) is 4.04. The van der Waals surface area contributed by atoms with Gasteiger partial charge in [-0.1, -0.05) is 25.4 Å². The number of hydrazone groups is 1. The maximum absolute atomic E-state index is 12.5. The summed E-state index contributed by atoms with van der Waals surface area (Å²) in [5.74, 6) is -1.12. The predicted molar refractivity (Wildman–Crippen MR) is 93.4 cm³/mol. The van der Waals surface area contributed by atoms with Gasteiger partial charge in [-0.25, -0.2) is 4.79 Å². The molecule has 0 bridgehead atoms. The number of amidine groups is 1. The number of hydrogen-bond donors (Lipinski definition) is 1. The predicted octanol–water partition coefficient (Wildman–Crippen LogP) is 2.04. The minimum Gasteiger partial charge on any atom is -0.458 e. The summed E-state index contributed by atoms with van der Waals surface area (Å²) in [6.45, 7) is 6.71. The number of esters is 1. The first-order valence-corrected chi connectivity index (χ1v) is 8.16. The molecule has 0 aliphatic carbocycles. The van der Waals surface area contributed by atoms with Crippen LogP contribution in [0.25, 0.3) is 0 Å².